The molecule has 0 unspecified atom stereocenters. The second-order valence-corrected chi connectivity index (χ2v) is 3.50. The molecule has 0 atom stereocenters. The van der Waals surface area contributed by atoms with Gasteiger partial charge in [0.15, 0.2) is 0 Å². The van der Waals surface area contributed by atoms with Crippen molar-refractivity contribution in [1.29, 1.82) is 0 Å². The van der Waals surface area contributed by atoms with Gasteiger partial charge in [-0.3, -0.25) is 0 Å². The lowest BCUT2D eigenvalue weighted by Gasteiger charge is -2.27. The molecule has 82 valence electrons. The van der Waals surface area contributed by atoms with Gasteiger partial charge in [-0.25, -0.2) is 0 Å². The SMILES string of the molecule is C=C/C(=C\C(=C)CNC1COC1)B(O)O. The van der Waals surface area contributed by atoms with E-state index in [-0.39, 0.29) is 0 Å². The average Bonchev–Trinajstić information content (AvgIpc) is 2.11. The van der Waals surface area contributed by atoms with Crippen LogP contribution in [0.4, 0.5) is 0 Å². The van der Waals surface area contributed by atoms with Crippen LogP contribution in [0.2, 0.25) is 0 Å². The van der Waals surface area contributed by atoms with Crippen LogP contribution in [0.15, 0.2) is 36.4 Å². The van der Waals surface area contributed by atoms with Gasteiger partial charge in [0, 0.05) is 6.54 Å². The molecular weight excluding hydrogens is 193 g/mol. The molecule has 15 heavy (non-hydrogen) atoms. The van der Waals surface area contributed by atoms with E-state index in [1.165, 1.54) is 6.08 Å². The predicted octanol–water partition coefficient (Wildman–Crippen LogP) is -0.345. The van der Waals surface area contributed by atoms with Crippen molar-refractivity contribution in [1.82, 2.24) is 5.32 Å². The Balaban J connectivity index is 2.34. The van der Waals surface area contributed by atoms with Crippen LogP contribution in [0.5, 0.6) is 0 Å². The zero-order valence-corrected chi connectivity index (χ0v) is 8.65. The highest BCUT2D eigenvalue weighted by atomic mass is 16.5. The van der Waals surface area contributed by atoms with Crippen molar-refractivity contribution in [2.75, 3.05) is 19.8 Å². The molecule has 1 saturated heterocycles. The monoisotopic (exact) mass is 209 g/mol. The fraction of sp³-hybridized carbons (Fsp3) is 0.400. The Morgan fingerprint density at radius 1 is 1.53 bits per heavy atom. The van der Waals surface area contributed by atoms with Gasteiger partial charge < -0.3 is 20.1 Å². The molecule has 5 heteroatoms. The normalized spacial score (nSPS) is 17.1. The summed E-state index contributed by atoms with van der Waals surface area (Å²) in [4.78, 5) is 0. The quantitative estimate of drug-likeness (QED) is 0.413. The Labute approximate surface area is 90.1 Å². The van der Waals surface area contributed by atoms with Crippen molar-refractivity contribution in [3.8, 4) is 0 Å². The molecule has 1 aliphatic heterocycles. The maximum Gasteiger partial charge on any atom is 0.488 e. The van der Waals surface area contributed by atoms with E-state index in [1.54, 1.807) is 6.08 Å². The molecule has 1 aliphatic rings. The van der Waals surface area contributed by atoms with E-state index in [2.05, 4.69) is 18.5 Å². The zero-order chi connectivity index (χ0) is 11.3. The van der Waals surface area contributed by atoms with Gasteiger partial charge in [0.05, 0.1) is 19.3 Å². The molecule has 1 fully saturated rings. The van der Waals surface area contributed by atoms with Crippen molar-refractivity contribution in [3.05, 3.63) is 36.4 Å². The Morgan fingerprint density at radius 3 is 2.60 bits per heavy atom. The van der Waals surface area contributed by atoms with Crippen molar-refractivity contribution >= 4 is 7.12 Å². The van der Waals surface area contributed by atoms with Gasteiger partial charge in [0.25, 0.3) is 0 Å². The molecule has 0 aromatic carbocycles. The molecule has 0 amide bonds. The molecule has 0 saturated carbocycles. The van der Waals surface area contributed by atoms with Crippen LogP contribution < -0.4 is 5.32 Å². The minimum Gasteiger partial charge on any atom is -0.423 e. The molecule has 0 bridgehead atoms. The van der Waals surface area contributed by atoms with Gasteiger partial charge in [-0.1, -0.05) is 25.3 Å². The van der Waals surface area contributed by atoms with Crippen LogP contribution in [0.1, 0.15) is 0 Å². The smallest absolute Gasteiger partial charge is 0.423 e. The van der Waals surface area contributed by atoms with Gasteiger partial charge in [0.1, 0.15) is 0 Å². The maximum atomic E-state index is 8.93. The van der Waals surface area contributed by atoms with Crippen LogP contribution in [0, 0.1) is 0 Å². The molecule has 0 aromatic heterocycles. The lowest BCUT2D eigenvalue weighted by Crippen LogP contribution is -2.46. The summed E-state index contributed by atoms with van der Waals surface area (Å²) in [5.74, 6) is 0. The van der Waals surface area contributed by atoms with E-state index >= 15 is 0 Å². The summed E-state index contributed by atoms with van der Waals surface area (Å²) in [6, 6.07) is 0.390. The lowest BCUT2D eigenvalue weighted by molar-refractivity contribution is -0.00364. The molecular formula is C10H16BNO3. The van der Waals surface area contributed by atoms with Crippen molar-refractivity contribution < 1.29 is 14.8 Å². The minimum atomic E-state index is -1.49. The van der Waals surface area contributed by atoms with Gasteiger partial charge in [-0.15, -0.1) is 0 Å². The van der Waals surface area contributed by atoms with Crippen LogP contribution in [0.3, 0.4) is 0 Å². The molecule has 0 radical (unpaired) electrons. The molecule has 1 heterocycles. The first-order valence-corrected chi connectivity index (χ1v) is 4.82. The first-order valence-electron chi connectivity index (χ1n) is 4.82. The zero-order valence-electron chi connectivity index (χ0n) is 8.65. The Hall–Kier alpha value is -0.875. The first kappa shape index (κ1) is 12.2. The first-order chi connectivity index (χ1) is 7.13. The van der Waals surface area contributed by atoms with Crippen LogP contribution in [-0.4, -0.2) is 43.0 Å². The van der Waals surface area contributed by atoms with Crippen molar-refractivity contribution in [2.45, 2.75) is 6.04 Å². The average molecular weight is 209 g/mol. The fourth-order valence-electron chi connectivity index (χ4n) is 1.15. The topological polar surface area (TPSA) is 61.7 Å². The van der Waals surface area contributed by atoms with Gasteiger partial charge in [-0.05, 0) is 11.0 Å². The maximum absolute atomic E-state index is 8.93. The van der Waals surface area contributed by atoms with E-state index in [0.717, 1.165) is 18.8 Å². The standard InChI is InChI=1S/C10H16BNO3/c1-3-9(11(13)14)4-8(2)5-12-10-6-15-7-10/h3-4,10,12-14H,1-2,5-7H2/b9-4+. The predicted molar refractivity (Wildman–Crippen MR) is 60.2 cm³/mol. The van der Waals surface area contributed by atoms with E-state index in [0.29, 0.717) is 18.1 Å². The molecule has 4 nitrogen and oxygen atoms in total. The highest BCUT2D eigenvalue weighted by Gasteiger charge is 2.17. The Kier molecular flexibility index (Phi) is 4.78. The summed E-state index contributed by atoms with van der Waals surface area (Å²) < 4.78 is 5.00. The van der Waals surface area contributed by atoms with E-state index in [4.69, 9.17) is 14.8 Å². The van der Waals surface area contributed by atoms with E-state index in [9.17, 15) is 0 Å². The number of allylic oxidation sites excluding steroid dienone is 2. The summed E-state index contributed by atoms with van der Waals surface area (Å²) in [7, 11) is -1.49. The molecule has 0 spiro atoms. The summed E-state index contributed by atoms with van der Waals surface area (Å²) >= 11 is 0. The van der Waals surface area contributed by atoms with Crippen LogP contribution in [0.25, 0.3) is 0 Å². The third-order valence-electron chi connectivity index (χ3n) is 2.16. The number of ether oxygens (including phenoxy) is 1. The largest absolute Gasteiger partial charge is 0.488 e. The third kappa shape index (κ3) is 4.01. The van der Waals surface area contributed by atoms with E-state index < -0.39 is 7.12 Å². The number of nitrogens with one attached hydrogen (secondary N) is 1. The van der Waals surface area contributed by atoms with Crippen molar-refractivity contribution in [2.24, 2.45) is 0 Å². The fourth-order valence-corrected chi connectivity index (χ4v) is 1.15. The number of hydrogen-bond donors (Lipinski definition) is 3. The molecule has 1 rings (SSSR count). The molecule has 3 N–H and O–H groups in total. The second-order valence-electron chi connectivity index (χ2n) is 3.50. The summed E-state index contributed by atoms with van der Waals surface area (Å²) in [5.41, 5.74) is 1.14. The summed E-state index contributed by atoms with van der Waals surface area (Å²) in [6.45, 7) is 9.36. The third-order valence-corrected chi connectivity index (χ3v) is 2.16. The summed E-state index contributed by atoms with van der Waals surface area (Å²) in [5, 5.41) is 21.1. The lowest BCUT2D eigenvalue weighted by atomic mass is 9.78. The second kappa shape index (κ2) is 5.87. The van der Waals surface area contributed by atoms with E-state index in [1.807, 2.05) is 0 Å². The number of rotatable bonds is 6. The van der Waals surface area contributed by atoms with Gasteiger partial charge in [0.2, 0.25) is 0 Å². The highest BCUT2D eigenvalue weighted by molar-refractivity contribution is 6.51. The Morgan fingerprint density at radius 2 is 2.20 bits per heavy atom. The Bertz CT molecular complexity index is 272. The van der Waals surface area contributed by atoms with Gasteiger partial charge in [-0.2, -0.15) is 0 Å². The molecule has 0 aliphatic carbocycles. The van der Waals surface area contributed by atoms with Crippen LogP contribution >= 0.6 is 0 Å². The van der Waals surface area contributed by atoms with Crippen molar-refractivity contribution in [3.63, 3.8) is 0 Å². The molecule has 0 aromatic rings. The minimum absolute atomic E-state index is 0.353. The van der Waals surface area contributed by atoms with Gasteiger partial charge >= 0.3 is 7.12 Å². The summed E-state index contributed by atoms with van der Waals surface area (Å²) in [6.07, 6.45) is 3.02. The number of hydrogen-bond acceptors (Lipinski definition) is 4. The van der Waals surface area contributed by atoms with Crippen LogP contribution in [-0.2, 0) is 4.74 Å². The highest BCUT2D eigenvalue weighted by Crippen LogP contribution is 2.05.